The second-order valence-corrected chi connectivity index (χ2v) is 6.04. The average Bonchev–Trinajstić information content (AvgIpc) is 2.42. The number of rotatable bonds is 7. The molecule has 0 bridgehead atoms. The number of methoxy groups -OCH3 is 1. The van der Waals surface area contributed by atoms with Crippen LogP contribution in [0.1, 0.15) is 33.6 Å². The molecule has 0 spiro atoms. The molecule has 0 saturated carbocycles. The highest BCUT2D eigenvalue weighted by Crippen LogP contribution is 2.31. The molecule has 1 aliphatic rings. The lowest BCUT2D eigenvalue weighted by atomic mass is 9.77. The first-order valence-corrected chi connectivity index (χ1v) is 7.59. The Labute approximate surface area is 127 Å². The summed E-state index contributed by atoms with van der Waals surface area (Å²) in [5.41, 5.74) is -0.116. The zero-order valence-corrected chi connectivity index (χ0v) is 13.6. The van der Waals surface area contributed by atoms with E-state index in [1.54, 1.807) is 14.0 Å². The number of nitrogens with zero attached hydrogens (tertiary/aromatic N) is 1. The van der Waals surface area contributed by atoms with Crippen molar-refractivity contribution in [2.24, 2.45) is 5.41 Å². The fourth-order valence-corrected chi connectivity index (χ4v) is 2.65. The van der Waals surface area contributed by atoms with Crippen LogP contribution in [0.25, 0.3) is 0 Å². The molecule has 1 fully saturated rings. The van der Waals surface area contributed by atoms with Crippen LogP contribution >= 0.6 is 0 Å². The molecule has 0 aromatic rings. The number of ether oxygens (including phenoxy) is 2. The lowest BCUT2D eigenvalue weighted by Crippen LogP contribution is -2.57. The molecule has 1 unspecified atom stereocenters. The maximum atomic E-state index is 12.8. The Morgan fingerprint density at radius 1 is 1.38 bits per heavy atom. The Hall–Kier alpha value is -1.14. The second kappa shape index (κ2) is 8.34. The third-order valence-electron chi connectivity index (χ3n) is 3.88. The topological polar surface area (TPSA) is 67.9 Å². The van der Waals surface area contributed by atoms with E-state index in [4.69, 9.17) is 9.47 Å². The number of esters is 1. The highest BCUT2D eigenvalue weighted by Gasteiger charge is 2.39. The van der Waals surface area contributed by atoms with Crippen LogP contribution in [0.5, 0.6) is 0 Å². The maximum absolute atomic E-state index is 12.8. The summed E-state index contributed by atoms with van der Waals surface area (Å²) in [6.07, 6.45) is 2.06. The minimum atomic E-state index is -0.379. The number of hydrogen-bond donors (Lipinski definition) is 1. The Morgan fingerprint density at radius 3 is 2.67 bits per heavy atom. The molecule has 1 saturated heterocycles. The number of carbonyl (C=O) groups is 2. The van der Waals surface area contributed by atoms with E-state index in [0.29, 0.717) is 19.8 Å². The van der Waals surface area contributed by atoms with E-state index in [1.165, 1.54) is 4.90 Å². The number of nitrogens with one attached hydrogen (secondary N) is 1. The van der Waals surface area contributed by atoms with Gasteiger partial charge >= 0.3 is 5.97 Å². The molecule has 6 nitrogen and oxygen atoms in total. The van der Waals surface area contributed by atoms with Gasteiger partial charge in [-0.15, -0.1) is 0 Å². The summed E-state index contributed by atoms with van der Waals surface area (Å²) in [6.45, 7) is 7.84. The van der Waals surface area contributed by atoms with E-state index in [1.807, 2.05) is 0 Å². The van der Waals surface area contributed by atoms with Crippen molar-refractivity contribution in [3.63, 3.8) is 0 Å². The molecule has 1 amide bonds. The Balaban J connectivity index is 2.75. The van der Waals surface area contributed by atoms with Gasteiger partial charge in [-0.05, 0) is 31.7 Å². The molecule has 1 N–H and O–H groups in total. The van der Waals surface area contributed by atoms with Crippen molar-refractivity contribution in [1.82, 2.24) is 10.2 Å². The summed E-state index contributed by atoms with van der Waals surface area (Å²) in [5, 5.41) is 3.29. The first-order valence-electron chi connectivity index (χ1n) is 7.59. The van der Waals surface area contributed by atoms with Crippen LogP contribution in [-0.2, 0) is 19.1 Å². The van der Waals surface area contributed by atoms with Crippen LogP contribution < -0.4 is 5.32 Å². The molecule has 1 atom stereocenters. The molecule has 1 heterocycles. The van der Waals surface area contributed by atoms with Crippen molar-refractivity contribution in [3.05, 3.63) is 0 Å². The summed E-state index contributed by atoms with van der Waals surface area (Å²) in [6, 6.07) is -0.266. The molecule has 6 heteroatoms. The second-order valence-electron chi connectivity index (χ2n) is 6.04. The van der Waals surface area contributed by atoms with Gasteiger partial charge in [0.1, 0.15) is 6.54 Å². The molecular weight excluding hydrogens is 272 g/mol. The quantitative estimate of drug-likeness (QED) is 0.705. The summed E-state index contributed by atoms with van der Waals surface area (Å²) in [5.74, 6) is -0.430. The van der Waals surface area contributed by atoms with Crippen LogP contribution in [0, 0.1) is 5.41 Å². The maximum Gasteiger partial charge on any atom is 0.325 e. The van der Waals surface area contributed by atoms with E-state index in [2.05, 4.69) is 19.2 Å². The molecule has 1 rings (SSSR count). The van der Waals surface area contributed by atoms with Gasteiger partial charge in [0.25, 0.3) is 0 Å². The van der Waals surface area contributed by atoms with Crippen LogP contribution in [0.15, 0.2) is 0 Å². The monoisotopic (exact) mass is 300 g/mol. The van der Waals surface area contributed by atoms with Gasteiger partial charge in [-0.2, -0.15) is 0 Å². The zero-order valence-electron chi connectivity index (χ0n) is 13.6. The molecule has 1 aliphatic heterocycles. The Kier molecular flexibility index (Phi) is 7.11. The van der Waals surface area contributed by atoms with Gasteiger partial charge in [0.15, 0.2) is 0 Å². The van der Waals surface area contributed by atoms with E-state index >= 15 is 0 Å². The standard InChI is InChI=1S/C15H28N2O4/c1-5-21-12(18)11-17(9-10-20-4)14(19)13-15(2,3)7-6-8-16-13/h13,16H,5-11H2,1-4H3. The highest BCUT2D eigenvalue weighted by molar-refractivity contribution is 5.86. The van der Waals surface area contributed by atoms with Crippen molar-refractivity contribution in [1.29, 1.82) is 0 Å². The molecular formula is C15H28N2O4. The van der Waals surface area contributed by atoms with Crippen molar-refractivity contribution in [2.45, 2.75) is 39.7 Å². The Bertz CT molecular complexity index is 358. The fraction of sp³-hybridized carbons (Fsp3) is 0.867. The van der Waals surface area contributed by atoms with Gasteiger partial charge in [-0.1, -0.05) is 13.8 Å². The third kappa shape index (κ3) is 5.28. The number of amides is 1. The number of hydrogen-bond acceptors (Lipinski definition) is 5. The molecule has 0 aliphatic carbocycles. The zero-order chi connectivity index (χ0) is 15.9. The number of carbonyl (C=O) groups excluding carboxylic acids is 2. The van der Waals surface area contributed by atoms with Crippen LogP contribution in [0.2, 0.25) is 0 Å². The van der Waals surface area contributed by atoms with Gasteiger partial charge < -0.3 is 19.7 Å². The van der Waals surface area contributed by atoms with Gasteiger partial charge in [-0.3, -0.25) is 9.59 Å². The molecule has 0 radical (unpaired) electrons. The van der Waals surface area contributed by atoms with E-state index in [9.17, 15) is 9.59 Å². The summed E-state index contributed by atoms with van der Waals surface area (Å²) < 4.78 is 9.98. The predicted molar refractivity (Wildman–Crippen MR) is 79.9 cm³/mol. The van der Waals surface area contributed by atoms with Crippen LogP contribution in [0.3, 0.4) is 0 Å². The van der Waals surface area contributed by atoms with Crippen molar-refractivity contribution in [2.75, 3.05) is 40.0 Å². The number of piperidine rings is 1. The van der Waals surface area contributed by atoms with Gasteiger partial charge in [-0.25, -0.2) is 0 Å². The van der Waals surface area contributed by atoms with Crippen molar-refractivity contribution < 1.29 is 19.1 Å². The Morgan fingerprint density at radius 2 is 2.10 bits per heavy atom. The van der Waals surface area contributed by atoms with Gasteiger partial charge in [0, 0.05) is 13.7 Å². The predicted octanol–water partition coefficient (Wildman–Crippen LogP) is 0.803. The van der Waals surface area contributed by atoms with E-state index in [-0.39, 0.29) is 29.9 Å². The third-order valence-corrected chi connectivity index (χ3v) is 3.88. The summed E-state index contributed by atoms with van der Waals surface area (Å²) in [4.78, 5) is 26.0. The minimum Gasteiger partial charge on any atom is -0.465 e. The summed E-state index contributed by atoms with van der Waals surface area (Å²) >= 11 is 0. The lowest BCUT2D eigenvalue weighted by molar-refractivity contribution is -0.151. The van der Waals surface area contributed by atoms with Gasteiger partial charge in [0.2, 0.25) is 5.91 Å². The van der Waals surface area contributed by atoms with E-state index in [0.717, 1.165) is 19.4 Å². The fourth-order valence-electron chi connectivity index (χ4n) is 2.65. The smallest absolute Gasteiger partial charge is 0.325 e. The molecule has 0 aromatic carbocycles. The summed E-state index contributed by atoms with van der Waals surface area (Å²) in [7, 11) is 1.58. The van der Waals surface area contributed by atoms with Crippen LogP contribution in [0.4, 0.5) is 0 Å². The molecule has 0 aromatic heterocycles. The average molecular weight is 300 g/mol. The van der Waals surface area contributed by atoms with Crippen LogP contribution in [-0.4, -0.2) is 62.8 Å². The first kappa shape index (κ1) is 17.9. The van der Waals surface area contributed by atoms with E-state index < -0.39 is 0 Å². The largest absolute Gasteiger partial charge is 0.465 e. The first-order chi connectivity index (χ1) is 9.92. The minimum absolute atomic E-state index is 0.0235. The van der Waals surface area contributed by atoms with Crippen molar-refractivity contribution >= 4 is 11.9 Å². The molecule has 122 valence electrons. The van der Waals surface area contributed by atoms with Gasteiger partial charge in [0.05, 0.1) is 19.3 Å². The normalized spacial score (nSPS) is 20.9. The SMILES string of the molecule is CCOC(=O)CN(CCOC)C(=O)C1NCCCC1(C)C. The highest BCUT2D eigenvalue weighted by atomic mass is 16.5. The lowest BCUT2D eigenvalue weighted by Gasteiger charge is -2.40. The van der Waals surface area contributed by atoms with Crippen molar-refractivity contribution in [3.8, 4) is 0 Å². The molecule has 21 heavy (non-hydrogen) atoms.